The molecule has 28 heavy (non-hydrogen) atoms. The average Bonchev–Trinajstić information content (AvgIpc) is 2.73. The number of nitrogens with zero attached hydrogens (tertiary/aromatic N) is 1. The molecule has 0 saturated carbocycles. The van der Waals surface area contributed by atoms with Crippen molar-refractivity contribution in [2.75, 3.05) is 45.0 Å². The van der Waals surface area contributed by atoms with Crippen molar-refractivity contribution in [1.82, 2.24) is 5.32 Å². The highest BCUT2D eigenvalue weighted by Crippen LogP contribution is 2.39. The molecule has 1 saturated heterocycles. The maximum atomic E-state index is 15.0. The van der Waals surface area contributed by atoms with Crippen molar-refractivity contribution in [3.05, 3.63) is 47.3 Å². The summed E-state index contributed by atoms with van der Waals surface area (Å²) in [5.74, 6) is -0.366. The third-order valence-corrected chi connectivity index (χ3v) is 4.86. The highest BCUT2D eigenvalue weighted by Gasteiger charge is 2.25. The van der Waals surface area contributed by atoms with Crippen molar-refractivity contribution in [3.8, 4) is 16.9 Å². The minimum absolute atomic E-state index is 0. The molecular weight excluding hydrogens is 387 g/mol. The Morgan fingerprint density at radius 2 is 2.00 bits per heavy atom. The second-order valence-electron chi connectivity index (χ2n) is 6.45. The van der Waals surface area contributed by atoms with Gasteiger partial charge in [-0.15, -0.1) is 12.4 Å². The van der Waals surface area contributed by atoms with E-state index in [0.717, 1.165) is 5.56 Å². The topological polar surface area (TPSA) is 60.0 Å². The maximum Gasteiger partial charge on any atom is 0.340 e. The van der Waals surface area contributed by atoms with Crippen molar-refractivity contribution in [2.45, 2.75) is 6.54 Å². The Hall–Kier alpha value is -2.35. The highest BCUT2D eigenvalue weighted by atomic mass is 35.5. The second-order valence-corrected chi connectivity index (χ2v) is 6.45. The molecule has 1 fully saturated rings. The first-order valence-electron chi connectivity index (χ1n) is 8.89. The second kappa shape index (κ2) is 8.77. The fourth-order valence-electron chi connectivity index (χ4n) is 3.52. The smallest absolute Gasteiger partial charge is 0.340 e. The summed E-state index contributed by atoms with van der Waals surface area (Å²) in [5, 5.41) is 3.13. The Balaban J connectivity index is 0.00000225. The number of benzene rings is 2. The summed E-state index contributed by atoms with van der Waals surface area (Å²) < 4.78 is 31.0. The van der Waals surface area contributed by atoms with Crippen LogP contribution < -0.4 is 15.0 Å². The monoisotopic (exact) mass is 408 g/mol. The Kier molecular flexibility index (Phi) is 6.39. The maximum absolute atomic E-state index is 15.0. The van der Waals surface area contributed by atoms with E-state index in [2.05, 4.69) is 5.32 Å². The molecule has 6 nitrogen and oxygen atoms in total. The number of anilines is 1. The first-order valence-corrected chi connectivity index (χ1v) is 8.89. The number of hydrogen-bond donors (Lipinski definition) is 1. The summed E-state index contributed by atoms with van der Waals surface area (Å²) in [6.07, 6.45) is 0. The number of ether oxygens (including phenoxy) is 3. The van der Waals surface area contributed by atoms with E-state index >= 15 is 4.39 Å². The van der Waals surface area contributed by atoms with E-state index < -0.39 is 11.8 Å². The fraction of sp³-hybridized carbons (Fsp3) is 0.350. The lowest BCUT2D eigenvalue weighted by Gasteiger charge is -2.31. The molecule has 0 amide bonds. The van der Waals surface area contributed by atoms with Gasteiger partial charge in [0.2, 0.25) is 0 Å². The van der Waals surface area contributed by atoms with Crippen LogP contribution in [0.4, 0.5) is 10.1 Å². The minimum atomic E-state index is -0.558. The zero-order chi connectivity index (χ0) is 18.8. The summed E-state index contributed by atoms with van der Waals surface area (Å²) in [4.78, 5) is 14.3. The molecule has 150 valence electrons. The lowest BCUT2D eigenvalue weighted by Crippen LogP contribution is -2.37. The van der Waals surface area contributed by atoms with Crippen LogP contribution in [-0.2, 0) is 16.0 Å². The number of methoxy groups -OCH3 is 1. The molecule has 0 aromatic heterocycles. The molecule has 0 unspecified atom stereocenters. The number of rotatable bonds is 3. The van der Waals surface area contributed by atoms with Crippen LogP contribution in [0.1, 0.15) is 15.9 Å². The average molecular weight is 409 g/mol. The fourth-order valence-corrected chi connectivity index (χ4v) is 3.52. The molecule has 0 spiro atoms. The van der Waals surface area contributed by atoms with Gasteiger partial charge in [0.15, 0.2) is 0 Å². The molecule has 2 aromatic rings. The quantitative estimate of drug-likeness (QED) is 0.788. The molecule has 0 bridgehead atoms. The van der Waals surface area contributed by atoms with Gasteiger partial charge in [0.25, 0.3) is 0 Å². The SMILES string of the molecule is COC(=O)c1cc(F)c(-c2cccc3c2OCNC3)cc1N1CCOCC1.Cl. The zero-order valence-corrected chi connectivity index (χ0v) is 16.3. The summed E-state index contributed by atoms with van der Waals surface area (Å²) in [6.45, 7) is 3.42. The van der Waals surface area contributed by atoms with Crippen molar-refractivity contribution in [3.63, 3.8) is 0 Å². The van der Waals surface area contributed by atoms with Crippen molar-refractivity contribution in [1.29, 1.82) is 0 Å². The largest absolute Gasteiger partial charge is 0.477 e. The van der Waals surface area contributed by atoms with Gasteiger partial charge in [-0.3, -0.25) is 5.32 Å². The summed E-state index contributed by atoms with van der Waals surface area (Å²) in [5.41, 5.74) is 2.92. The molecule has 2 aliphatic heterocycles. The predicted octanol–water partition coefficient (Wildman–Crippen LogP) is 2.98. The van der Waals surface area contributed by atoms with Gasteiger partial charge < -0.3 is 19.1 Å². The van der Waals surface area contributed by atoms with E-state index in [1.54, 1.807) is 6.07 Å². The Bertz CT molecular complexity index is 872. The number of hydrogen-bond acceptors (Lipinski definition) is 6. The van der Waals surface area contributed by atoms with Crippen molar-refractivity contribution < 1.29 is 23.4 Å². The van der Waals surface area contributed by atoms with Crippen LogP contribution in [0.5, 0.6) is 5.75 Å². The number of esters is 1. The van der Waals surface area contributed by atoms with Crippen LogP contribution in [-0.4, -0.2) is 46.1 Å². The molecule has 0 radical (unpaired) electrons. The third-order valence-electron chi connectivity index (χ3n) is 4.86. The number of nitrogens with one attached hydrogen (secondary N) is 1. The normalized spacial score (nSPS) is 15.9. The molecule has 8 heteroatoms. The van der Waals surface area contributed by atoms with Crippen LogP contribution in [0.25, 0.3) is 11.1 Å². The lowest BCUT2D eigenvalue weighted by molar-refractivity contribution is 0.0600. The van der Waals surface area contributed by atoms with Crippen LogP contribution in [0.2, 0.25) is 0 Å². The minimum Gasteiger partial charge on any atom is -0.477 e. The van der Waals surface area contributed by atoms with Crippen molar-refractivity contribution >= 4 is 24.1 Å². The van der Waals surface area contributed by atoms with Gasteiger partial charge in [0.05, 0.1) is 31.6 Å². The van der Waals surface area contributed by atoms with E-state index in [4.69, 9.17) is 14.2 Å². The van der Waals surface area contributed by atoms with Gasteiger partial charge >= 0.3 is 5.97 Å². The van der Waals surface area contributed by atoms with Crippen LogP contribution in [0.3, 0.4) is 0 Å². The molecule has 2 aromatic carbocycles. The van der Waals surface area contributed by atoms with Gasteiger partial charge in [0, 0.05) is 36.3 Å². The van der Waals surface area contributed by atoms with E-state index in [0.29, 0.717) is 62.1 Å². The summed E-state index contributed by atoms with van der Waals surface area (Å²) in [7, 11) is 1.30. The van der Waals surface area contributed by atoms with Crippen LogP contribution >= 0.6 is 12.4 Å². The molecule has 1 N–H and O–H groups in total. The Morgan fingerprint density at radius 3 is 2.75 bits per heavy atom. The van der Waals surface area contributed by atoms with E-state index in [-0.39, 0.29) is 18.0 Å². The molecule has 0 atom stereocenters. The van der Waals surface area contributed by atoms with E-state index in [1.807, 2.05) is 23.1 Å². The van der Waals surface area contributed by atoms with E-state index in [1.165, 1.54) is 13.2 Å². The number of carbonyl (C=O) groups is 1. The number of fused-ring (bicyclic) bond motifs is 1. The number of halogens is 2. The van der Waals surface area contributed by atoms with E-state index in [9.17, 15) is 4.79 Å². The third kappa shape index (κ3) is 3.78. The molecule has 0 aliphatic carbocycles. The van der Waals surface area contributed by atoms with Gasteiger partial charge in [0.1, 0.15) is 18.3 Å². The number of morpholine rings is 1. The number of carbonyl (C=O) groups excluding carboxylic acids is 1. The summed E-state index contributed by atoms with van der Waals surface area (Å²) in [6, 6.07) is 8.64. The van der Waals surface area contributed by atoms with Gasteiger partial charge in [-0.1, -0.05) is 18.2 Å². The number of para-hydroxylation sites is 1. The molecular formula is C20H22ClFN2O4. The Labute approximate surface area is 169 Å². The molecule has 2 aliphatic rings. The van der Waals surface area contributed by atoms with Crippen molar-refractivity contribution in [2.24, 2.45) is 0 Å². The highest BCUT2D eigenvalue weighted by molar-refractivity contribution is 5.97. The zero-order valence-electron chi connectivity index (χ0n) is 15.5. The first kappa shape index (κ1) is 20.4. The van der Waals surface area contributed by atoms with Gasteiger partial charge in [-0.25, -0.2) is 9.18 Å². The van der Waals surface area contributed by atoms with Crippen LogP contribution in [0.15, 0.2) is 30.3 Å². The standard InChI is InChI=1S/C20H21FN2O4.ClH/c1-25-20(24)16-9-17(21)15(10-18(16)23-5-7-26-8-6-23)14-4-2-3-13-11-22-12-27-19(13)14;/h2-4,9-10,22H,5-8,11-12H2,1H3;1H. The lowest BCUT2D eigenvalue weighted by atomic mass is 9.97. The molecule has 2 heterocycles. The molecule has 4 rings (SSSR count). The van der Waals surface area contributed by atoms with Gasteiger partial charge in [-0.05, 0) is 12.1 Å². The van der Waals surface area contributed by atoms with Gasteiger partial charge in [-0.2, -0.15) is 0 Å². The first-order chi connectivity index (χ1) is 13.2. The Morgan fingerprint density at radius 1 is 1.21 bits per heavy atom. The summed E-state index contributed by atoms with van der Waals surface area (Å²) >= 11 is 0. The predicted molar refractivity (Wildman–Crippen MR) is 106 cm³/mol. The van der Waals surface area contributed by atoms with Crippen LogP contribution in [0, 0.1) is 5.82 Å².